The van der Waals surface area contributed by atoms with Crippen LogP contribution in [-0.2, 0) is 18.3 Å². The zero-order chi connectivity index (χ0) is 26.1. The average molecular weight is 511 g/mol. The molecule has 4 aliphatic rings. The molecule has 1 aromatic carbocycles. The number of aryl methyl sites for hydroxylation is 1. The van der Waals surface area contributed by atoms with Crippen LogP contribution >= 0.6 is 0 Å². The number of hydrogen-bond acceptors (Lipinski definition) is 7. The van der Waals surface area contributed by atoms with Gasteiger partial charge in [0.05, 0.1) is 24.9 Å². The van der Waals surface area contributed by atoms with E-state index < -0.39 is 7.05 Å². The molecule has 9 heteroatoms. The summed E-state index contributed by atoms with van der Waals surface area (Å²) < 4.78 is 7.44. The molecule has 196 valence electrons. The molecule has 4 aliphatic heterocycles. The highest BCUT2D eigenvalue weighted by Crippen LogP contribution is 2.42. The van der Waals surface area contributed by atoms with E-state index in [-0.39, 0.29) is 23.7 Å². The Hall–Kier alpha value is -2.98. The van der Waals surface area contributed by atoms with Gasteiger partial charge in [-0.15, -0.1) is 0 Å². The molecular formula is C29H34BN5O3. The second-order valence-corrected chi connectivity index (χ2v) is 11.4. The van der Waals surface area contributed by atoms with Gasteiger partial charge in [-0.3, -0.25) is 14.3 Å². The van der Waals surface area contributed by atoms with E-state index in [0.717, 1.165) is 42.8 Å². The predicted molar refractivity (Wildman–Crippen MR) is 150 cm³/mol. The zero-order valence-corrected chi connectivity index (χ0v) is 22.2. The number of fused-ring (bicyclic) bond motifs is 6. The monoisotopic (exact) mass is 511 g/mol. The predicted octanol–water partition coefficient (Wildman–Crippen LogP) is 2.67. The first-order chi connectivity index (χ1) is 18.4. The number of pyridine rings is 2. The van der Waals surface area contributed by atoms with Crippen molar-refractivity contribution >= 4 is 29.3 Å². The maximum absolute atomic E-state index is 12.8. The van der Waals surface area contributed by atoms with Crippen LogP contribution in [0, 0.1) is 0 Å². The first-order valence-corrected chi connectivity index (χ1v) is 13.7. The smallest absolute Gasteiger partial charge is 0.377 e. The van der Waals surface area contributed by atoms with E-state index in [2.05, 4.69) is 56.9 Å². The second-order valence-electron chi connectivity index (χ2n) is 11.4. The molecule has 2 bridgehead atoms. The molecular weight excluding hydrogens is 477 g/mol. The maximum atomic E-state index is 12.8. The molecule has 0 saturated carbocycles. The minimum Gasteiger partial charge on any atom is -0.437 e. The molecule has 0 unspecified atom stereocenters. The highest BCUT2D eigenvalue weighted by Gasteiger charge is 2.41. The largest absolute Gasteiger partial charge is 0.437 e. The number of morpholine rings is 1. The lowest BCUT2D eigenvalue weighted by atomic mass is 9.76. The van der Waals surface area contributed by atoms with Crippen LogP contribution in [0.5, 0.6) is 0 Å². The van der Waals surface area contributed by atoms with E-state index in [1.807, 2.05) is 12.9 Å². The summed E-state index contributed by atoms with van der Waals surface area (Å²) in [6.45, 7) is 8.12. The number of ether oxygens (including phenoxy) is 1. The van der Waals surface area contributed by atoms with Crippen LogP contribution in [0.1, 0.15) is 36.1 Å². The van der Waals surface area contributed by atoms with E-state index in [9.17, 15) is 9.82 Å². The number of hydrogen-bond donors (Lipinski definition) is 1. The van der Waals surface area contributed by atoms with Gasteiger partial charge < -0.3 is 19.5 Å². The fourth-order valence-electron chi connectivity index (χ4n) is 7.26. The van der Waals surface area contributed by atoms with Crippen LogP contribution in [-0.4, -0.2) is 75.8 Å². The van der Waals surface area contributed by atoms with Gasteiger partial charge in [0.15, 0.2) is 0 Å². The topological polar surface area (TPSA) is 74.1 Å². The average Bonchev–Trinajstić information content (AvgIpc) is 3.28. The number of piperazine rings is 1. The summed E-state index contributed by atoms with van der Waals surface area (Å²) in [5.41, 5.74) is 7.13. The van der Waals surface area contributed by atoms with Crippen LogP contribution < -0.4 is 10.5 Å². The molecule has 8 nitrogen and oxygen atoms in total. The van der Waals surface area contributed by atoms with Gasteiger partial charge in [-0.2, -0.15) is 0 Å². The molecule has 4 atom stereocenters. The van der Waals surface area contributed by atoms with E-state index in [0.29, 0.717) is 19.3 Å². The van der Waals surface area contributed by atoms with Gasteiger partial charge in [0, 0.05) is 62.5 Å². The van der Waals surface area contributed by atoms with Crippen molar-refractivity contribution in [2.75, 3.05) is 31.2 Å². The Kier molecular flexibility index (Phi) is 5.74. The molecule has 2 aromatic heterocycles. The van der Waals surface area contributed by atoms with Gasteiger partial charge in [0.2, 0.25) is 0 Å². The van der Waals surface area contributed by atoms with Gasteiger partial charge >= 0.3 is 7.05 Å². The van der Waals surface area contributed by atoms with Crippen LogP contribution in [0.25, 0.3) is 16.6 Å². The minimum atomic E-state index is -0.468. The Bertz CT molecular complexity index is 1500. The lowest BCUT2D eigenvalue weighted by Crippen LogP contribution is -2.59. The summed E-state index contributed by atoms with van der Waals surface area (Å²) in [6, 6.07) is 13.8. The van der Waals surface area contributed by atoms with Crippen molar-refractivity contribution in [1.82, 2.24) is 19.3 Å². The first-order valence-electron chi connectivity index (χ1n) is 13.7. The van der Waals surface area contributed by atoms with Gasteiger partial charge in [-0.25, -0.2) is 4.98 Å². The third-order valence-corrected chi connectivity index (χ3v) is 9.07. The Morgan fingerprint density at radius 2 is 2.03 bits per heavy atom. The highest BCUT2D eigenvalue weighted by atomic mass is 16.5. The van der Waals surface area contributed by atoms with Crippen molar-refractivity contribution in [3.63, 3.8) is 0 Å². The van der Waals surface area contributed by atoms with Crippen LogP contribution in [0.2, 0.25) is 6.82 Å². The van der Waals surface area contributed by atoms with Gasteiger partial charge in [0.1, 0.15) is 5.65 Å². The molecule has 3 aromatic rings. The van der Waals surface area contributed by atoms with Crippen LogP contribution in [0.4, 0.5) is 5.69 Å². The first kappa shape index (κ1) is 24.1. The highest BCUT2D eigenvalue weighted by molar-refractivity contribution is 6.45. The van der Waals surface area contributed by atoms with E-state index in [1.165, 1.54) is 22.3 Å². The van der Waals surface area contributed by atoms with Crippen LogP contribution in [0.15, 0.2) is 53.5 Å². The summed E-state index contributed by atoms with van der Waals surface area (Å²) in [6.07, 6.45) is 4.94. The van der Waals surface area contributed by atoms with Crippen molar-refractivity contribution in [3.05, 3.63) is 75.7 Å². The number of benzene rings is 1. The SMILES string of the molecule is CB(O)N1[C@H]2COC[C@@H]1C=C(c1ccc3c(c1)CN1[C@H](C)CN(c4cc(=O)n(C)c5ncccc45)C[C@H]31)C2. The van der Waals surface area contributed by atoms with Crippen molar-refractivity contribution in [2.45, 2.75) is 50.9 Å². The minimum absolute atomic E-state index is 0.0252. The summed E-state index contributed by atoms with van der Waals surface area (Å²) in [5.74, 6) is 0. The lowest BCUT2D eigenvalue weighted by molar-refractivity contribution is -0.00208. The van der Waals surface area contributed by atoms with Crippen molar-refractivity contribution in [1.29, 1.82) is 0 Å². The molecule has 7 rings (SSSR count). The lowest BCUT2D eigenvalue weighted by Gasteiger charge is -2.45. The van der Waals surface area contributed by atoms with Crippen molar-refractivity contribution in [2.24, 2.45) is 7.05 Å². The van der Waals surface area contributed by atoms with Gasteiger partial charge in [0.25, 0.3) is 5.56 Å². The Balaban J connectivity index is 1.20. The zero-order valence-electron chi connectivity index (χ0n) is 22.2. The molecule has 0 aliphatic carbocycles. The molecule has 2 saturated heterocycles. The quantitative estimate of drug-likeness (QED) is 0.542. The fourth-order valence-corrected chi connectivity index (χ4v) is 7.26. The Morgan fingerprint density at radius 1 is 1.16 bits per heavy atom. The summed E-state index contributed by atoms with van der Waals surface area (Å²) >= 11 is 0. The Labute approximate surface area is 223 Å². The molecule has 0 amide bonds. The summed E-state index contributed by atoms with van der Waals surface area (Å²) in [7, 11) is 1.32. The molecule has 1 N–H and O–H groups in total. The number of rotatable bonds is 3. The normalized spacial score (nSPS) is 27.3. The molecule has 0 spiro atoms. The van der Waals surface area contributed by atoms with Crippen LogP contribution in [0.3, 0.4) is 0 Å². The summed E-state index contributed by atoms with van der Waals surface area (Å²) in [5, 5.41) is 11.3. The van der Waals surface area contributed by atoms with E-state index >= 15 is 0 Å². The maximum Gasteiger partial charge on any atom is 0.377 e. The number of nitrogens with zero attached hydrogens (tertiary/aromatic N) is 5. The molecule has 2 fully saturated rings. The standard InChI is InChI=1S/C29H34BN5O3/c1-18-13-33(26-12-28(36)32(3)29-25(26)5-4-8-31-29)15-27-24-7-6-19(9-21(24)14-34(18)27)20-10-22-16-38-17-23(11-20)35(22)30(2)37/h4-10,12,18,22-23,27,37H,11,13-17H2,1-3H3/t18-,22+,23-,27-/m1/s1. The van der Waals surface area contributed by atoms with Crippen molar-refractivity contribution in [3.8, 4) is 0 Å². The fraction of sp³-hybridized carbons (Fsp3) is 0.448. The van der Waals surface area contributed by atoms with E-state index in [1.54, 1.807) is 23.9 Å². The van der Waals surface area contributed by atoms with Crippen molar-refractivity contribution < 1.29 is 9.76 Å². The third kappa shape index (κ3) is 3.75. The van der Waals surface area contributed by atoms with E-state index in [4.69, 9.17) is 4.74 Å². The molecule has 0 radical (unpaired) electrons. The second kappa shape index (κ2) is 9.05. The Morgan fingerprint density at radius 3 is 2.84 bits per heavy atom. The number of aromatic nitrogens is 2. The van der Waals surface area contributed by atoms with Gasteiger partial charge in [-0.05, 0) is 60.6 Å². The summed E-state index contributed by atoms with van der Waals surface area (Å²) in [4.78, 5) is 24.5. The third-order valence-electron chi connectivity index (χ3n) is 9.07. The van der Waals surface area contributed by atoms with Gasteiger partial charge in [-0.1, -0.05) is 18.2 Å². The molecule has 6 heterocycles. The number of anilines is 1. The molecule has 38 heavy (non-hydrogen) atoms.